The van der Waals surface area contributed by atoms with Gasteiger partial charge < -0.3 is 15.4 Å². The summed E-state index contributed by atoms with van der Waals surface area (Å²) in [5.41, 5.74) is 8.39. The van der Waals surface area contributed by atoms with Crippen LogP contribution in [0.5, 0.6) is 5.75 Å². The van der Waals surface area contributed by atoms with Gasteiger partial charge in [0.05, 0.1) is 12.3 Å². The molecular formula is C18H30N2O. The maximum atomic E-state index is 6.00. The average Bonchev–Trinajstić information content (AvgIpc) is 2.46. The Labute approximate surface area is 129 Å². The third kappa shape index (κ3) is 4.05. The molecule has 2 N–H and O–H groups in total. The van der Waals surface area contributed by atoms with Crippen LogP contribution in [0.2, 0.25) is 0 Å². The van der Waals surface area contributed by atoms with Crippen molar-refractivity contribution in [1.29, 1.82) is 0 Å². The molecule has 0 bridgehead atoms. The van der Waals surface area contributed by atoms with Gasteiger partial charge in [-0.25, -0.2) is 0 Å². The number of hydrogen-bond donors (Lipinski definition) is 1. The number of nitrogen functional groups attached to an aromatic ring is 1. The van der Waals surface area contributed by atoms with E-state index >= 15 is 0 Å². The van der Waals surface area contributed by atoms with Crippen LogP contribution in [0.15, 0.2) is 18.2 Å². The summed E-state index contributed by atoms with van der Waals surface area (Å²) in [5, 5.41) is 0. The van der Waals surface area contributed by atoms with Gasteiger partial charge in [0.1, 0.15) is 5.75 Å². The Bertz CT molecular complexity index is 457. The van der Waals surface area contributed by atoms with Gasteiger partial charge in [0.2, 0.25) is 0 Å². The summed E-state index contributed by atoms with van der Waals surface area (Å²) in [7, 11) is 0. The molecule has 1 fully saturated rings. The first-order valence-electron chi connectivity index (χ1n) is 8.19. The quantitative estimate of drug-likeness (QED) is 0.839. The van der Waals surface area contributed by atoms with E-state index in [1.165, 1.54) is 18.5 Å². The number of piperidine rings is 1. The molecule has 118 valence electrons. The van der Waals surface area contributed by atoms with Crippen molar-refractivity contribution in [2.75, 3.05) is 30.3 Å². The minimum absolute atomic E-state index is 0.419. The van der Waals surface area contributed by atoms with Gasteiger partial charge in [0.15, 0.2) is 0 Å². The van der Waals surface area contributed by atoms with E-state index in [1.54, 1.807) is 0 Å². The lowest BCUT2D eigenvalue weighted by Crippen LogP contribution is -2.38. The van der Waals surface area contributed by atoms with Gasteiger partial charge in [-0.15, -0.1) is 0 Å². The molecule has 1 aliphatic heterocycles. The maximum Gasteiger partial charge on any atom is 0.144 e. The van der Waals surface area contributed by atoms with E-state index in [1.807, 2.05) is 6.07 Å². The lowest BCUT2D eigenvalue weighted by atomic mass is 9.75. The van der Waals surface area contributed by atoms with Gasteiger partial charge in [0, 0.05) is 24.8 Å². The monoisotopic (exact) mass is 290 g/mol. The smallest absolute Gasteiger partial charge is 0.144 e. The SMILES string of the molecule is CCCOc1cc(N2CCC(C(C)(C)C)CC2)ccc1N. The summed E-state index contributed by atoms with van der Waals surface area (Å²) in [6, 6.07) is 6.18. The van der Waals surface area contributed by atoms with Crippen molar-refractivity contribution in [1.82, 2.24) is 0 Å². The first-order chi connectivity index (χ1) is 9.91. The standard InChI is InChI=1S/C18H30N2O/c1-5-12-21-17-13-15(6-7-16(17)19)20-10-8-14(9-11-20)18(2,3)4/h6-7,13-14H,5,8-12,19H2,1-4H3. The highest BCUT2D eigenvalue weighted by atomic mass is 16.5. The van der Waals surface area contributed by atoms with Crippen LogP contribution in [0.1, 0.15) is 47.0 Å². The Morgan fingerprint density at radius 2 is 1.90 bits per heavy atom. The van der Waals surface area contributed by atoms with E-state index in [0.717, 1.165) is 43.5 Å². The van der Waals surface area contributed by atoms with E-state index in [0.29, 0.717) is 5.41 Å². The van der Waals surface area contributed by atoms with Crippen LogP contribution in [-0.4, -0.2) is 19.7 Å². The van der Waals surface area contributed by atoms with E-state index in [2.05, 4.69) is 44.7 Å². The lowest BCUT2D eigenvalue weighted by Gasteiger charge is -2.39. The number of anilines is 2. The molecule has 3 heteroatoms. The van der Waals surface area contributed by atoms with Crippen LogP contribution in [-0.2, 0) is 0 Å². The second-order valence-electron chi connectivity index (χ2n) is 7.20. The van der Waals surface area contributed by atoms with Crippen LogP contribution < -0.4 is 15.4 Å². The van der Waals surface area contributed by atoms with Crippen molar-refractivity contribution in [3.63, 3.8) is 0 Å². The average molecular weight is 290 g/mol. The zero-order valence-corrected chi connectivity index (χ0v) is 14.0. The summed E-state index contributed by atoms with van der Waals surface area (Å²) in [5.74, 6) is 1.64. The molecule has 1 saturated heterocycles. The van der Waals surface area contributed by atoms with E-state index < -0.39 is 0 Å². The number of hydrogen-bond acceptors (Lipinski definition) is 3. The van der Waals surface area contributed by atoms with Gasteiger partial charge >= 0.3 is 0 Å². The zero-order chi connectivity index (χ0) is 15.5. The van der Waals surface area contributed by atoms with Gasteiger partial charge in [-0.2, -0.15) is 0 Å². The number of nitrogens with two attached hydrogens (primary N) is 1. The van der Waals surface area contributed by atoms with Crippen LogP contribution >= 0.6 is 0 Å². The molecule has 2 rings (SSSR count). The van der Waals surface area contributed by atoms with Gasteiger partial charge in [0.25, 0.3) is 0 Å². The Morgan fingerprint density at radius 1 is 1.24 bits per heavy atom. The lowest BCUT2D eigenvalue weighted by molar-refractivity contribution is 0.199. The highest BCUT2D eigenvalue weighted by molar-refractivity contribution is 5.62. The summed E-state index contributed by atoms with van der Waals surface area (Å²) in [6.45, 7) is 12.1. The molecule has 0 aromatic heterocycles. The van der Waals surface area contributed by atoms with Crippen molar-refractivity contribution in [2.45, 2.75) is 47.0 Å². The van der Waals surface area contributed by atoms with Crippen molar-refractivity contribution < 1.29 is 4.74 Å². The second kappa shape index (κ2) is 6.59. The molecule has 0 radical (unpaired) electrons. The fourth-order valence-corrected chi connectivity index (χ4v) is 3.06. The topological polar surface area (TPSA) is 38.5 Å². The zero-order valence-electron chi connectivity index (χ0n) is 14.0. The molecule has 0 aliphatic carbocycles. The minimum atomic E-state index is 0.419. The van der Waals surface area contributed by atoms with Gasteiger partial charge in [-0.1, -0.05) is 27.7 Å². The number of ether oxygens (including phenoxy) is 1. The first-order valence-corrected chi connectivity index (χ1v) is 8.19. The Hall–Kier alpha value is -1.38. The highest BCUT2D eigenvalue weighted by Crippen LogP contribution is 2.36. The second-order valence-corrected chi connectivity index (χ2v) is 7.20. The maximum absolute atomic E-state index is 6.00. The fourth-order valence-electron chi connectivity index (χ4n) is 3.06. The summed E-state index contributed by atoms with van der Waals surface area (Å²) >= 11 is 0. The summed E-state index contributed by atoms with van der Waals surface area (Å²) in [4.78, 5) is 2.46. The molecule has 3 nitrogen and oxygen atoms in total. The molecule has 1 aromatic rings. The molecule has 0 saturated carbocycles. The van der Waals surface area contributed by atoms with Crippen LogP contribution in [0.4, 0.5) is 11.4 Å². The van der Waals surface area contributed by atoms with Crippen LogP contribution in [0, 0.1) is 11.3 Å². The predicted octanol–water partition coefficient (Wildman–Crippen LogP) is 4.32. The Kier molecular flexibility index (Phi) is 5.02. The summed E-state index contributed by atoms with van der Waals surface area (Å²) < 4.78 is 5.74. The molecule has 0 unspecified atom stereocenters. The predicted molar refractivity (Wildman–Crippen MR) is 91.0 cm³/mol. The fraction of sp³-hybridized carbons (Fsp3) is 0.667. The molecule has 1 heterocycles. The molecule has 0 atom stereocenters. The van der Waals surface area contributed by atoms with Crippen molar-refractivity contribution >= 4 is 11.4 Å². The molecule has 1 aromatic carbocycles. The van der Waals surface area contributed by atoms with Crippen LogP contribution in [0.3, 0.4) is 0 Å². The minimum Gasteiger partial charge on any atom is -0.491 e. The van der Waals surface area contributed by atoms with E-state index in [4.69, 9.17) is 10.5 Å². The largest absolute Gasteiger partial charge is 0.491 e. The van der Waals surface area contributed by atoms with Crippen LogP contribution in [0.25, 0.3) is 0 Å². The normalized spacial score (nSPS) is 17.0. The van der Waals surface area contributed by atoms with Crippen molar-refractivity contribution in [2.24, 2.45) is 11.3 Å². The number of benzene rings is 1. The highest BCUT2D eigenvalue weighted by Gasteiger charge is 2.28. The third-order valence-electron chi connectivity index (χ3n) is 4.54. The third-order valence-corrected chi connectivity index (χ3v) is 4.54. The summed E-state index contributed by atoms with van der Waals surface area (Å²) in [6.07, 6.45) is 3.53. The Morgan fingerprint density at radius 3 is 2.48 bits per heavy atom. The molecule has 1 aliphatic rings. The first kappa shape index (κ1) is 16.0. The van der Waals surface area contributed by atoms with E-state index in [-0.39, 0.29) is 0 Å². The molecule has 21 heavy (non-hydrogen) atoms. The number of nitrogens with zero attached hydrogens (tertiary/aromatic N) is 1. The van der Waals surface area contributed by atoms with Crippen molar-refractivity contribution in [3.8, 4) is 5.75 Å². The number of rotatable bonds is 4. The van der Waals surface area contributed by atoms with E-state index in [9.17, 15) is 0 Å². The van der Waals surface area contributed by atoms with Gasteiger partial charge in [-0.05, 0) is 42.7 Å². The van der Waals surface area contributed by atoms with Gasteiger partial charge in [-0.3, -0.25) is 0 Å². The molecular weight excluding hydrogens is 260 g/mol. The molecule has 0 spiro atoms. The molecule has 0 amide bonds. The Balaban J connectivity index is 2.03. The van der Waals surface area contributed by atoms with Crippen molar-refractivity contribution in [3.05, 3.63) is 18.2 Å².